The van der Waals surface area contributed by atoms with Crippen molar-refractivity contribution in [2.75, 3.05) is 12.8 Å². The number of imidazole rings is 1. The summed E-state index contributed by atoms with van der Waals surface area (Å²) in [5.41, 5.74) is 6.84. The zero-order valence-corrected chi connectivity index (χ0v) is 13.4. The second-order valence-electron chi connectivity index (χ2n) is 5.20. The first kappa shape index (κ1) is 15.5. The SMILES string of the molecule is COc1ccccc1Oc1c(N)cc(C#N)n1Cc1nccn1C. The molecule has 0 spiro atoms. The highest BCUT2D eigenvalue weighted by Crippen LogP contribution is 2.36. The van der Waals surface area contributed by atoms with Crippen molar-refractivity contribution in [2.24, 2.45) is 7.05 Å². The number of methoxy groups -OCH3 is 1. The van der Waals surface area contributed by atoms with Crippen LogP contribution in [0, 0.1) is 11.3 Å². The molecule has 7 nitrogen and oxygen atoms in total. The molecular weight excluding hydrogens is 306 g/mol. The number of nitrogens with zero attached hydrogens (tertiary/aromatic N) is 4. The molecular formula is C17H17N5O2. The fraction of sp³-hybridized carbons (Fsp3) is 0.176. The predicted molar refractivity (Wildman–Crippen MR) is 88.9 cm³/mol. The molecule has 0 bridgehead atoms. The van der Waals surface area contributed by atoms with Gasteiger partial charge in [-0.1, -0.05) is 12.1 Å². The molecule has 0 fully saturated rings. The van der Waals surface area contributed by atoms with Gasteiger partial charge in [-0.3, -0.25) is 4.57 Å². The van der Waals surface area contributed by atoms with Gasteiger partial charge < -0.3 is 19.8 Å². The van der Waals surface area contributed by atoms with E-state index < -0.39 is 0 Å². The zero-order valence-electron chi connectivity index (χ0n) is 13.4. The van der Waals surface area contributed by atoms with Crippen LogP contribution in [0.1, 0.15) is 11.5 Å². The van der Waals surface area contributed by atoms with Gasteiger partial charge in [0.25, 0.3) is 0 Å². The maximum atomic E-state index is 9.39. The third-order valence-electron chi connectivity index (χ3n) is 3.69. The van der Waals surface area contributed by atoms with Gasteiger partial charge in [-0.25, -0.2) is 4.98 Å². The summed E-state index contributed by atoms with van der Waals surface area (Å²) in [6.07, 6.45) is 3.55. The Morgan fingerprint density at radius 3 is 2.67 bits per heavy atom. The van der Waals surface area contributed by atoms with E-state index in [0.717, 1.165) is 5.82 Å². The van der Waals surface area contributed by atoms with E-state index in [-0.39, 0.29) is 0 Å². The van der Waals surface area contributed by atoms with Crippen molar-refractivity contribution in [1.82, 2.24) is 14.1 Å². The molecule has 122 valence electrons. The summed E-state index contributed by atoms with van der Waals surface area (Å²) in [5, 5.41) is 9.39. The van der Waals surface area contributed by atoms with Crippen LogP contribution >= 0.6 is 0 Å². The molecule has 1 aromatic carbocycles. The molecule has 0 amide bonds. The standard InChI is InChI=1S/C17H17N5O2/c1-21-8-7-20-16(21)11-22-12(10-18)9-13(19)17(22)24-15-6-4-3-5-14(15)23-2/h3-9H,11,19H2,1-2H3. The summed E-state index contributed by atoms with van der Waals surface area (Å²) >= 11 is 0. The Balaban J connectivity index is 2.03. The molecule has 0 saturated carbocycles. The number of hydrogen-bond acceptors (Lipinski definition) is 5. The summed E-state index contributed by atoms with van der Waals surface area (Å²) in [6.45, 7) is 0.369. The first-order chi connectivity index (χ1) is 11.6. The topological polar surface area (TPSA) is 91.0 Å². The molecule has 24 heavy (non-hydrogen) atoms. The predicted octanol–water partition coefficient (Wildman–Crippen LogP) is 2.52. The highest BCUT2D eigenvalue weighted by atomic mass is 16.5. The van der Waals surface area contributed by atoms with Gasteiger partial charge in [0.15, 0.2) is 11.5 Å². The minimum atomic E-state index is 0.369. The molecule has 2 aromatic heterocycles. The fourth-order valence-electron chi connectivity index (χ4n) is 2.41. The Kier molecular flexibility index (Phi) is 4.12. The number of ether oxygens (including phenoxy) is 2. The van der Waals surface area contributed by atoms with Gasteiger partial charge in [0, 0.05) is 25.5 Å². The second kappa shape index (κ2) is 6.38. The Hall–Kier alpha value is -3.40. The number of rotatable bonds is 5. The molecule has 3 aromatic rings. The lowest BCUT2D eigenvalue weighted by molar-refractivity contribution is 0.367. The Labute approximate surface area is 139 Å². The Bertz CT molecular complexity index is 904. The van der Waals surface area contributed by atoms with Crippen LogP contribution in [0.15, 0.2) is 42.7 Å². The van der Waals surface area contributed by atoms with Crippen LogP contribution in [0.3, 0.4) is 0 Å². The molecule has 0 aliphatic heterocycles. The smallest absolute Gasteiger partial charge is 0.224 e. The van der Waals surface area contributed by atoms with Crippen molar-refractivity contribution >= 4 is 5.69 Å². The molecule has 7 heteroatoms. The van der Waals surface area contributed by atoms with E-state index in [0.29, 0.717) is 35.3 Å². The van der Waals surface area contributed by atoms with Crippen LogP contribution in [0.2, 0.25) is 0 Å². The van der Waals surface area contributed by atoms with E-state index >= 15 is 0 Å². The largest absolute Gasteiger partial charge is 0.493 e. The maximum Gasteiger partial charge on any atom is 0.224 e. The van der Waals surface area contributed by atoms with Crippen molar-refractivity contribution in [3.63, 3.8) is 0 Å². The molecule has 2 heterocycles. The summed E-state index contributed by atoms with van der Waals surface area (Å²) in [7, 11) is 3.46. The van der Waals surface area contributed by atoms with Gasteiger partial charge in [0.05, 0.1) is 19.3 Å². The van der Waals surface area contributed by atoms with Crippen LogP contribution < -0.4 is 15.2 Å². The van der Waals surface area contributed by atoms with Crippen molar-refractivity contribution in [2.45, 2.75) is 6.54 Å². The molecule has 0 radical (unpaired) electrons. The van der Waals surface area contributed by atoms with Gasteiger partial charge in [0.2, 0.25) is 5.88 Å². The number of nitriles is 1. The van der Waals surface area contributed by atoms with Crippen molar-refractivity contribution in [3.05, 3.63) is 54.2 Å². The van der Waals surface area contributed by atoms with Crippen LogP contribution in [0.25, 0.3) is 0 Å². The lowest BCUT2D eigenvalue weighted by atomic mass is 10.3. The van der Waals surface area contributed by atoms with E-state index in [2.05, 4.69) is 11.1 Å². The van der Waals surface area contributed by atoms with Crippen LogP contribution in [0.5, 0.6) is 17.4 Å². The first-order valence-corrected chi connectivity index (χ1v) is 7.30. The van der Waals surface area contributed by atoms with E-state index in [1.54, 1.807) is 36.1 Å². The highest BCUT2D eigenvalue weighted by molar-refractivity contribution is 5.57. The number of nitrogens with two attached hydrogens (primary N) is 1. The molecule has 0 aliphatic carbocycles. The average Bonchev–Trinajstić information content (AvgIpc) is 3.13. The third-order valence-corrected chi connectivity index (χ3v) is 3.69. The molecule has 2 N–H and O–H groups in total. The maximum absolute atomic E-state index is 9.39. The van der Waals surface area contributed by atoms with Crippen molar-refractivity contribution < 1.29 is 9.47 Å². The fourth-order valence-corrected chi connectivity index (χ4v) is 2.41. The number of nitrogen functional groups attached to an aromatic ring is 1. The van der Waals surface area contributed by atoms with Gasteiger partial charge in [-0.05, 0) is 12.1 Å². The lowest BCUT2D eigenvalue weighted by Gasteiger charge is -2.14. The highest BCUT2D eigenvalue weighted by Gasteiger charge is 2.18. The van der Waals surface area contributed by atoms with E-state index in [1.807, 2.05) is 29.9 Å². The Morgan fingerprint density at radius 1 is 1.29 bits per heavy atom. The monoisotopic (exact) mass is 323 g/mol. The van der Waals surface area contributed by atoms with Gasteiger partial charge >= 0.3 is 0 Å². The van der Waals surface area contributed by atoms with Crippen LogP contribution in [0.4, 0.5) is 5.69 Å². The summed E-state index contributed by atoms with van der Waals surface area (Å²) < 4.78 is 14.8. The minimum absolute atomic E-state index is 0.369. The number of benzene rings is 1. The number of aryl methyl sites for hydroxylation is 1. The molecule has 3 rings (SSSR count). The second-order valence-corrected chi connectivity index (χ2v) is 5.20. The summed E-state index contributed by atoms with van der Waals surface area (Å²) in [5.74, 6) is 2.28. The number of aromatic nitrogens is 3. The van der Waals surface area contributed by atoms with Gasteiger partial charge in [-0.2, -0.15) is 5.26 Å². The van der Waals surface area contributed by atoms with Crippen LogP contribution in [-0.2, 0) is 13.6 Å². The average molecular weight is 323 g/mol. The summed E-state index contributed by atoms with van der Waals surface area (Å²) in [6, 6.07) is 11.0. The van der Waals surface area contributed by atoms with E-state index in [1.165, 1.54) is 0 Å². The van der Waals surface area contributed by atoms with Gasteiger partial charge in [-0.15, -0.1) is 0 Å². The molecule has 0 atom stereocenters. The lowest BCUT2D eigenvalue weighted by Crippen LogP contribution is -2.09. The van der Waals surface area contributed by atoms with Crippen LogP contribution in [-0.4, -0.2) is 21.2 Å². The minimum Gasteiger partial charge on any atom is -0.493 e. The first-order valence-electron chi connectivity index (χ1n) is 7.30. The van der Waals surface area contributed by atoms with Crippen molar-refractivity contribution in [3.8, 4) is 23.4 Å². The molecule has 0 aliphatic rings. The normalized spacial score (nSPS) is 10.4. The van der Waals surface area contributed by atoms with E-state index in [4.69, 9.17) is 15.2 Å². The number of anilines is 1. The van der Waals surface area contributed by atoms with Crippen molar-refractivity contribution in [1.29, 1.82) is 5.26 Å². The Morgan fingerprint density at radius 2 is 2.04 bits per heavy atom. The van der Waals surface area contributed by atoms with Gasteiger partial charge in [0.1, 0.15) is 17.6 Å². The third kappa shape index (κ3) is 2.77. The molecule has 0 saturated heterocycles. The number of para-hydroxylation sites is 2. The van der Waals surface area contributed by atoms with E-state index in [9.17, 15) is 5.26 Å². The number of hydrogen-bond donors (Lipinski definition) is 1. The zero-order chi connectivity index (χ0) is 17.1. The quantitative estimate of drug-likeness (QED) is 0.779. The summed E-state index contributed by atoms with van der Waals surface area (Å²) in [4.78, 5) is 4.29. The molecule has 0 unspecified atom stereocenters.